The average Bonchev–Trinajstić information content (AvgIpc) is 3.58. The van der Waals surface area contributed by atoms with Gasteiger partial charge in [-0.05, 0) is 42.6 Å². The van der Waals surface area contributed by atoms with E-state index in [-0.39, 0.29) is 12.0 Å². The van der Waals surface area contributed by atoms with Crippen LogP contribution in [0.1, 0.15) is 28.9 Å². The van der Waals surface area contributed by atoms with Gasteiger partial charge >= 0.3 is 0 Å². The summed E-state index contributed by atoms with van der Waals surface area (Å²) in [4.78, 5) is 20.6. The van der Waals surface area contributed by atoms with Crippen LogP contribution >= 0.6 is 11.5 Å². The maximum absolute atomic E-state index is 12.9. The second-order valence-electron chi connectivity index (χ2n) is 8.20. The SMILES string of the molecule is O=C1NCCc2[nH]c(-c3ccncc3OCC3CCCO3)c(Nc3nsc4ccccc34)c21. The summed E-state index contributed by atoms with van der Waals surface area (Å²) in [7, 11) is 0. The van der Waals surface area contributed by atoms with Crippen LogP contribution in [0.25, 0.3) is 21.3 Å². The number of hydrogen-bond acceptors (Lipinski definition) is 7. The van der Waals surface area contributed by atoms with Crippen LogP contribution in [0.3, 0.4) is 0 Å². The number of pyridine rings is 1. The zero-order valence-electron chi connectivity index (χ0n) is 17.9. The number of carbonyl (C=O) groups excluding carboxylic acids is 1. The smallest absolute Gasteiger partial charge is 0.255 e. The fraction of sp³-hybridized carbons (Fsp3) is 0.292. The molecule has 9 heteroatoms. The number of nitrogens with zero attached hydrogens (tertiary/aromatic N) is 2. The zero-order valence-corrected chi connectivity index (χ0v) is 18.7. The van der Waals surface area contributed by atoms with Crippen molar-refractivity contribution in [2.75, 3.05) is 25.1 Å². The van der Waals surface area contributed by atoms with Gasteiger partial charge in [0.05, 0.1) is 33.9 Å². The van der Waals surface area contributed by atoms with Crippen LogP contribution in [-0.4, -0.2) is 46.1 Å². The maximum Gasteiger partial charge on any atom is 0.255 e. The fourth-order valence-corrected chi connectivity index (χ4v) is 5.20. The summed E-state index contributed by atoms with van der Waals surface area (Å²) < 4.78 is 17.6. The average molecular weight is 462 g/mol. The van der Waals surface area contributed by atoms with Crippen LogP contribution in [0.4, 0.5) is 11.5 Å². The molecule has 1 saturated heterocycles. The molecule has 0 spiro atoms. The number of aromatic amines is 1. The Morgan fingerprint density at radius 3 is 3.12 bits per heavy atom. The number of benzene rings is 1. The monoisotopic (exact) mass is 461 g/mol. The molecule has 4 aromatic rings. The first-order valence-electron chi connectivity index (χ1n) is 11.1. The predicted octanol–water partition coefficient (Wildman–Crippen LogP) is 4.27. The number of aromatic nitrogens is 3. The number of nitrogens with one attached hydrogen (secondary N) is 3. The first kappa shape index (κ1) is 20.2. The van der Waals surface area contributed by atoms with Crippen LogP contribution in [0.2, 0.25) is 0 Å². The highest BCUT2D eigenvalue weighted by atomic mass is 32.1. The molecular formula is C24H23N5O3S. The molecule has 1 aromatic carbocycles. The van der Waals surface area contributed by atoms with Crippen LogP contribution in [0, 0.1) is 0 Å². The van der Waals surface area contributed by atoms with Crippen molar-refractivity contribution in [2.45, 2.75) is 25.4 Å². The molecule has 5 heterocycles. The van der Waals surface area contributed by atoms with E-state index < -0.39 is 0 Å². The molecule has 0 bridgehead atoms. The molecule has 1 fully saturated rings. The number of H-pyrrole nitrogens is 1. The van der Waals surface area contributed by atoms with Crippen molar-refractivity contribution >= 4 is 39.0 Å². The molecule has 8 nitrogen and oxygen atoms in total. The maximum atomic E-state index is 12.9. The van der Waals surface area contributed by atoms with Crippen molar-refractivity contribution in [2.24, 2.45) is 0 Å². The van der Waals surface area contributed by atoms with Crippen LogP contribution in [0.15, 0.2) is 42.7 Å². The van der Waals surface area contributed by atoms with Gasteiger partial charge in [0.2, 0.25) is 0 Å². The van der Waals surface area contributed by atoms with E-state index in [0.29, 0.717) is 30.2 Å². The van der Waals surface area contributed by atoms with E-state index in [2.05, 4.69) is 25.0 Å². The third-order valence-corrected chi connectivity index (χ3v) is 6.92. The van der Waals surface area contributed by atoms with E-state index in [1.165, 1.54) is 11.5 Å². The second-order valence-corrected chi connectivity index (χ2v) is 9.01. The van der Waals surface area contributed by atoms with E-state index in [1.54, 1.807) is 12.4 Å². The lowest BCUT2D eigenvalue weighted by Gasteiger charge is -2.16. The summed E-state index contributed by atoms with van der Waals surface area (Å²) >= 11 is 1.43. The lowest BCUT2D eigenvalue weighted by Crippen LogP contribution is -2.31. The van der Waals surface area contributed by atoms with Crippen molar-refractivity contribution < 1.29 is 14.3 Å². The first-order valence-corrected chi connectivity index (χ1v) is 11.9. The van der Waals surface area contributed by atoms with Gasteiger partial charge in [0.15, 0.2) is 5.82 Å². The van der Waals surface area contributed by atoms with Gasteiger partial charge in [-0.25, -0.2) is 0 Å². The van der Waals surface area contributed by atoms with Crippen molar-refractivity contribution in [3.05, 3.63) is 54.0 Å². The Morgan fingerprint density at radius 1 is 1.27 bits per heavy atom. The normalized spacial score (nSPS) is 17.7. The largest absolute Gasteiger partial charge is 0.489 e. The van der Waals surface area contributed by atoms with Crippen LogP contribution < -0.4 is 15.4 Å². The van der Waals surface area contributed by atoms with Crippen LogP contribution in [-0.2, 0) is 11.2 Å². The van der Waals surface area contributed by atoms with E-state index in [9.17, 15) is 4.79 Å². The Labute approximate surface area is 194 Å². The minimum atomic E-state index is -0.100. The summed E-state index contributed by atoms with van der Waals surface area (Å²) in [6.45, 7) is 1.85. The van der Waals surface area contributed by atoms with E-state index in [0.717, 1.165) is 58.7 Å². The molecule has 3 aromatic heterocycles. The molecule has 1 unspecified atom stereocenters. The minimum absolute atomic E-state index is 0.0969. The molecule has 0 radical (unpaired) electrons. The summed E-state index contributed by atoms with van der Waals surface area (Å²) in [6, 6.07) is 9.96. The van der Waals surface area contributed by atoms with E-state index in [1.807, 2.05) is 30.3 Å². The Morgan fingerprint density at radius 2 is 2.21 bits per heavy atom. The topological polar surface area (TPSA) is 101 Å². The Balaban J connectivity index is 1.43. The van der Waals surface area contributed by atoms with Crippen molar-refractivity contribution in [1.29, 1.82) is 0 Å². The van der Waals surface area contributed by atoms with Crippen molar-refractivity contribution in [3.8, 4) is 17.0 Å². The van der Waals surface area contributed by atoms with Gasteiger partial charge in [-0.3, -0.25) is 9.78 Å². The number of amides is 1. The number of fused-ring (bicyclic) bond motifs is 2. The molecule has 0 aliphatic carbocycles. The van der Waals surface area contributed by atoms with Crippen molar-refractivity contribution in [3.63, 3.8) is 0 Å². The summed E-state index contributed by atoms with van der Waals surface area (Å²) in [5.41, 5.74) is 3.85. The van der Waals surface area contributed by atoms with Gasteiger partial charge in [0.1, 0.15) is 12.4 Å². The third kappa shape index (κ3) is 3.73. The Hall–Kier alpha value is -3.43. The molecule has 0 saturated carbocycles. The van der Waals surface area contributed by atoms with Crippen molar-refractivity contribution in [1.82, 2.24) is 19.7 Å². The van der Waals surface area contributed by atoms with Gasteiger partial charge in [0, 0.05) is 42.4 Å². The summed E-state index contributed by atoms with van der Waals surface area (Å²) in [5, 5.41) is 7.44. The summed E-state index contributed by atoms with van der Waals surface area (Å²) in [6.07, 6.45) is 6.32. The lowest BCUT2D eigenvalue weighted by atomic mass is 10.1. The standard InChI is InChI=1S/C24H23N5O3S/c30-24-20-17(8-10-26-24)27-21(22(20)28-23-16-5-1-2-6-19(16)33-29-23)15-7-9-25-12-18(15)32-13-14-4-3-11-31-14/h1-2,5-7,9,12,14,27H,3-4,8,10-11,13H2,(H,26,30)(H,28,29). The quantitative estimate of drug-likeness (QED) is 0.396. The molecule has 6 rings (SSSR count). The van der Waals surface area contributed by atoms with Crippen LogP contribution in [0.5, 0.6) is 5.75 Å². The molecule has 2 aliphatic rings. The highest BCUT2D eigenvalue weighted by molar-refractivity contribution is 7.13. The van der Waals surface area contributed by atoms with Gasteiger partial charge in [-0.15, -0.1) is 0 Å². The minimum Gasteiger partial charge on any atom is -0.489 e. The second kappa shape index (κ2) is 8.49. The van der Waals surface area contributed by atoms with E-state index >= 15 is 0 Å². The van der Waals surface area contributed by atoms with Gasteiger partial charge in [0.25, 0.3) is 5.91 Å². The fourth-order valence-electron chi connectivity index (χ4n) is 4.46. The number of rotatable bonds is 6. The number of carbonyl (C=O) groups is 1. The number of anilines is 2. The molecule has 1 atom stereocenters. The highest BCUT2D eigenvalue weighted by Crippen LogP contribution is 2.41. The molecule has 3 N–H and O–H groups in total. The number of hydrogen-bond donors (Lipinski definition) is 3. The molecule has 168 valence electrons. The van der Waals surface area contributed by atoms with E-state index in [4.69, 9.17) is 9.47 Å². The lowest BCUT2D eigenvalue weighted by molar-refractivity contribution is 0.0680. The summed E-state index contributed by atoms with van der Waals surface area (Å²) in [5.74, 6) is 1.28. The molecule has 33 heavy (non-hydrogen) atoms. The third-order valence-electron chi connectivity index (χ3n) is 6.09. The Bertz CT molecular complexity index is 1320. The highest BCUT2D eigenvalue weighted by Gasteiger charge is 2.29. The first-order chi connectivity index (χ1) is 16.3. The molecule has 2 aliphatic heterocycles. The number of ether oxygens (including phenoxy) is 2. The van der Waals surface area contributed by atoms with Gasteiger partial charge < -0.3 is 25.1 Å². The molecular weight excluding hydrogens is 438 g/mol. The predicted molar refractivity (Wildman–Crippen MR) is 127 cm³/mol. The zero-order chi connectivity index (χ0) is 22.2. The Kier molecular flexibility index (Phi) is 5.20. The molecule has 1 amide bonds. The van der Waals surface area contributed by atoms with Gasteiger partial charge in [-0.1, -0.05) is 12.1 Å². The van der Waals surface area contributed by atoms with Gasteiger partial charge in [-0.2, -0.15) is 4.37 Å².